The van der Waals surface area contributed by atoms with Crippen LogP contribution in [-0.4, -0.2) is 38.0 Å². The minimum absolute atomic E-state index is 0.0575. The Kier molecular flexibility index (Phi) is 5.41. The molecule has 2 aromatic carbocycles. The van der Waals surface area contributed by atoms with Gasteiger partial charge in [-0.2, -0.15) is 0 Å². The van der Waals surface area contributed by atoms with E-state index in [1.807, 2.05) is 30.3 Å². The summed E-state index contributed by atoms with van der Waals surface area (Å²) in [5.41, 5.74) is 5.70. The number of nitrogens with zero attached hydrogens (tertiary/aromatic N) is 5. The van der Waals surface area contributed by atoms with Crippen LogP contribution in [0, 0.1) is 5.82 Å². The third-order valence-electron chi connectivity index (χ3n) is 5.12. The van der Waals surface area contributed by atoms with Crippen LogP contribution in [0.15, 0.2) is 60.8 Å². The molecule has 0 unspecified atom stereocenters. The molecule has 1 amide bonds. The number of halogens is 2. The largest absolute Gasteiger partial charge is 0.279 e. The van der Waals surface area contributed by atoms with E-state index in [1.54, 1.807) is 23.0 Å². The van der Waals surface area contributed by atoms with E-state index < -0.39 is 11.7 Å². The number of fused-ring (bicyclic) bond motifs is 2. The second kappa shape index (κ2) is 8.53. The van der Waals surface area contributed by atoms with E-state index in [-0.39, 0.29) is 10.6 Å². The zero-order valence-electron chi connectivity index (χ0n) is 17.3. The Hall–Kier alpha value is -3.95. The van der Waals surface area contributed by atoms with Crippen molar-refractivity contribution in [3.63, 3.8) is 0 Å². The number of pyridine rings is 2. The SMILES string of the molecule is CONC(=O)c1c(F)cc(-c2ccc3nnn(Cc4ccc5ncccc5c4)c3n2)cc1Cl. The molecule has 0 aliphatic heterocycles. The van der Waals surface area contributed by atoms with Gasteiger partial charge in [0.25, 0.3) is 5.91 Å². The van der Waals surface area contributed by atoms with Crippen LogP contribution in [0.1, 0.15) is 15.9 Å². The van der Waals surface area contributed by atoms with Crippen molar-refractivity contribution in [2.24, 2.45) is 0 Å². The molecular formula is C23H16ClFN6O2. The van der Waals surface area contributed by atoms with E-state index >= 15 is 0 Å². The third kappa shape index (κ3) is 3.99. The van der Waals surface area contributed by atoms with Gasteiger partial charge in [0.1, 0.15) is 11.3 Å². The molecule has 3 heterocycles. The van der Waals surface area contributed by atoms with Gasteiger partial charge in [0.2, 0.25) is 0 Å². The minimum Gasteiger partial charge on any atom is -0.277 e. The average molecular weight is 463 g/mol. The number of benzene rings is 2. The summed E-state index contributed by atoms with van der Waals surface area (Å²) >= 11 is 6.18. The molecule has 0 aliphatic rings. The lowest BCUT2D eigenvalue weighted by molar-refractivity contribution is 0.0533. The lowest BCUT2D eigenvalue weighted by Crippen LogP contribution is -2.23. The molecule has 0 atom stereocenters. The fourth-order valence-corrected chi connectivity index (χ4v) is 3.89. The van der Waals surface area contributed by atoms with Crippen molar-refractivity contribution < 1.29 is 14.0 Å². The smallest absolute Gasteiger partial charge is 0.277 e. The van der Waals surface area contributed by atoms with Crippen LogP contribution < -0.4 is 5.48 Å². The fraction of sp³-hybridized carbons (Fsp3) is 0.0870. The predicted octanol–water partition coefficient (Wildman–Crippen LogP) is 4.17. The van der Waals surface area contributed by atoms with Gasteiger partial charge in [-0.05, 0) is 48.0 Å². The first-order valence-electron chi connectivity index (χ1n) is 9.90. The molecule has 5 rings (SSSR count). The topological polar surface area (TPSA) is 94.8 Å². The second-order valence-corrected chi connectivity index (χ2v) is 7.67. The molecule has 8 nitrogen and oxygen atoms in total. The fourth-order valence-electron chi connectivity index (χ4n) is 3.60. The van der Waals surface area contributed by atoms with Gasteiger partial charge < -0.3 is 0 Å². The highest BCUT2D eigenvalue weighted by Crippen LogP contribution is 2.28. The molecule has 1 N–H and O–H groups in total. The summed E-state index contributed by atoms with van der Waals surface area (Å²) in [5, 5.41) is 9.36. The molecule has 0 radical (unpaired) electrons. The molecule has 164 valence electrons. The number of hydrogen-bond donors (Lipinski definition) is 1. The monoisotopic (exact) mass is 462 g/mol. The number of carbonyl (C=O) groups is 1. The lowest BCUT2D eigenvalue weighted by atomic mass is 10.1. The molecule has 10 heteroatoms. The van der Waals surface area contributed by atoms with E-state index in [1.165, 1.54) is 19.2 Å². The Morgan fingerprint density at radius 3 is 2.82 bits per heavy atom. The van der Waals surface area contributed by atoms with E-state index in [9.17, 15) is 9.18 Å². The maximum atomic E-state index is 14.7. The van der Waals surface area contributed by atoms with Crippen molar-refractivity contribution in [3.05, 3.63) is 82.8 Å². The summed E-state index contributed by atoms with van der Waals surface area (Å²) in [6.45, 7) is 0.447. The predicted molar refractivity (Wildman–Crippen MR) is 121 cm³/mol. The van der Waals surface area contributed by atoms with Gasteiger partial charge in [-0.15, -0.1) is 5.10 Å². The molecule has 0 spiro atoms. The highest BCUT2D eigenvalue weighted by Gasteiger charge is 2.19. The summed E-state index contributed by atoms with van der Waals surface area (Å²) in [5.74, 6) is -1.56. The van der Waals surface area contributed by atoms with E-state index in [4.69, 9.17) is 11.6 Å². The van der Waals surface area contributed by atoms with Crippen LogP contribution in [0.2, 0.25) is 5.02 Å². The zero-order chi connectivity index (χ0) is 22.9. The molecule has 33 heavy (non-hydrogen) atoms. The summed E-state index contributed by atoms with van der Waals surface area (Å²) in [4.78, 5) is 25.5. The number of nitrogens with one attached hydrogen (secondary N) is 1. The van der Waals surface area contributed by atoms with E-state index in [2.05, 4.69) is 30.6 Å². The maximum Gasteiger partial charge on any atom is 0.279 e. The number of hydroxylamine groups is 1. The Morgan fingerprint density at radius 1 is 1.15 bits per heavy atom. The molecule has 0 aliphatic carbocycles. The molecule has 5 aromatic rings. The van der Waals surface area contributed by atoms with Crippen LogP contribution in [0.5, 0.6) is 0 Å². The average Bonchev–Trinajstić information content (AvgIpc) is 3.20. The van der Waals surface area contributed by atoms with Crippen LogP contribution >= 0.6 is 11.6 Å². The van der Waals surface area contributed by atoms with E-state index in [0.717, 1.165) is 16.5 Å². The van der Waals surface area contributed by atoms with Crippen molar-refractivity contribution in [3.8, 4) is 11.3 Å². The van der Waals surface area contributed by atoms with Gasteiger partial charge in [-0.1, -0.05) is 28.9 Å². The highest BCUT2D eigenvalue weighted by molar-refractivity contribution is 6.34. The van der Waals surface area contributed by atoms with Gasteiger partial charge in [-0.25, -0.2) is 19.5 Å². The second-order valence-electron chi connectivity index (χ2n) is 7.27. The normalized spacial score (nSPS) is 11.2. The van der Waals surface area contributed by atoms with E-state index in [0.29, 0.717) is 29.0 Å². The Balaban J connectivity index is 1.51. The molecule has 0 saturated heterocycles. The quantitative estimate of drug-likeness (QED) is 0.394. The van der Waals surface area contributed by atoms with Gasteiger partial charge in [0, 0.05) is 17.1 Å². The van der Waals surface area contributed by atoms with Gasteiger partial charge in [0.15, 0.2) is 5.65 Å². The summed E-state index contributed by atoms with van der Waals surface area (Å²) in [7, 11) is 1.25. The Labute approximate surface area is 191 Å². The van der Waals surface area contributed by atoms with Crippen molar-refractivity contribution >= 4 is 39.6 Å². The summed E-state index contributed by atoms with van der Waals surface area (Å²) < 4.78 is 16.3. The van der Waals surface area contributed by atoms with Gasteiger partial charge >= 0.3 is 0 Å². The summed E-state index contributed by atoms with van der Waals surface area (Å²) in [6, 6.07) is 16.0. The molecule has 0 bridgehead atoms. The van der Waals surface area contributed by atoms with Crippen molar-refractivity contribution in [1.82, 2.24) is 30.4 Å². The Bertz CT molecular complexity index is 1500. The Morgan fingerprint density at radius 2 is 2.00 bits per heavy atom. The molecule has 0 fully saturated rings. The molecule has 3 aromatic heterocycles. The third-order valence-corrected chi connectivity index (χ3v) is 5.42. The first kappa shape index (κ1) is 20.9. The number of amides is 1. The minimum atomic E-state index is -0.787. The van der Waals surface area contributed by atoms with Crippen LogP contribution in [-0.2, 0) is 11.4 Å². The highest BCUT2D eigenvalue weighted by atomic mass is 35.5. The van der Waals surface area contributed by atoms with Crippen LogP contribution in [0.25, 0.3) is 33.3 Å². The number of rotatable bonds is 5. The van der Waals surface area contributed by atoms with Crippen molar-refractivity contribution in [2.75, 3.05) is 7.11 Å². The number of hydrogen-bond acceptors (Lipinski definition) is 6. The number of carbonyl (C=O) groups excluding carboxylic acids is 1. The van der Waals surface area contributed by atoms with Crippen molar-refractivity contribution in [2.45, 2.75) is 6.54 Å². The van der Waals surface area contributed by atoms with Crippen LogP contribution in [0.4, 0.5) is 4.39 Å². The first-order valence-corrected chi connectivity index (χ1v) is 10.3. The molecular weight excluding hydrogens is 447 g/mol. The summed E-state index contributed by atoms with van der Waals surface area (Å²) in [6.07, 6.45) is 1.75. The molecule has 0 saturated carbocycles. The van der Waals surface area contributed by atoms with Crippen LogP contribution in [0.3, 0.4) is 0 Å². The van der Waals surface area contributed by atoms with Gasteiger partial charge in [-0.3, -0.25) is 14.6 Å². The lowest BCUT2D eigenvalue weighted by Gasteiger charge is -2.09. The van der Waals surface area contributed by atoms with Crippen molar-refractivity contribution in [1.29, 1.82) is 0 Å². The first-order chi connectivity index (χ1) is 16.0. The maximum absolute atomic E-state index is 14.7. The zero-order valence-corrected chi connectivity index (χ0v) is 18.0. The van der Waals surface area contributed by atoms with Gasteiger partial charge in [0.05, 0.1) is 35.5 Å². The standard InChI is InChI=1S/C23H16ClFN6O2/c1-33-29-23(32)21-16(24)10-15(11-17(21)25)19-6-7-20-22(27-19)31(30-28-20)12-13-4-5-18-14(9-13)3-2-8-26-18/h2-11H,12H2,1H3,(H,29,32). The number of aromatic nitrogens is 5.